The fourth-order valence-corrected chi connectivity index (χ4v) is 13.2. The van der Waals surface area contributed by atoms with E-state index in [1.807, 2.05) is 0 Å². The van der Waals surface area contributed by atoms with Crippen molar-refractivity contribution >= 4 is 5.69 Å². The molecule has 10 rings (SSSR count). The fourth-order valence-electron chi connectivity index (χ4n) is 13.2. The molecule has 8 heterocycles. The van der Waals surface area contributed by atoms with Crippen LogP contribution in [0.15, 0.2) is 60.7 Å². The highest BCUT2D eigenvalue weighted by molar-refractivity contribution is 5.46. The van der Waals surface area contributed by atoms with Gasteiger partial charge in [0.25, 0.3) is 0 Å². The Morgan fingerprint density at radius 1 is 0.270 bits per heavy atom. The zero-order valence-corrected chi connectivity index (χ0v) is 60.5. The molecule has 0 atom stereocenters. The third-order valence-corrected chi connectivity index (χ3v) is 20.0. The van der Waals surface area contributed by atoms with E-state index in [-0.39, 0.29) is 22.3 Å². The second kappa shape index (κ2) is 51.2. The summed E-state index contributed by atoms with van der Waals surface area (Å²) in [6, 6.07) is 27.6. The predicted octanol–water partition coefficient (Wildman–Crippen LogP) is 17.7. The minimum Gasteiger partial charge on any atom is -0.369 e. The monoisotopic (exact) mass is 1250 g/mol. The van der Waals surface area contributed by atoms with Crippen LogP contribution in [0, 0.1) is 5.92 Å². The van der Waals surface area contributed by atoms with Gasteiger partial charge in [-0.25, -0.2) is 0 Å². The smallest absolute Gasteiger partial charge is 0.0367 e. The van der Waals surface area contributed by atoms with Crippen LogP contribution in [0.25, 0.3) is 0 Å². The summed E-state index contributed by atoms with van der Waals surface area (Å²) in [5.41, 5.74) is 2.89. The largest absolute Gasteiger partial charge is 0.369 e. The molecule has 10 heteroatoms. The number of piperidine rings is 4. The SMILES string of the molecule is C.C.C.CC(C)N1CCC(c2ccccc2)CC1.CC(C)N1CCCC1.CC(C)N1CCCCC1.CC(C)N1CCCCC1.CC(C)N1CCCCCC1.CC(C)N1CCN(C)CC1.CC(C)N1CCN(c2ccccc2)CC1.CC1CCN(C(C)C)CC1. The lowest BCUT2D eigenvalue weighted by molar-refractivity contribution is 0.126. The molecule has 0 spiro atoms. The van der Waals surface area contributed by atoms with Crippen molar-refractivity contribution < 1.29 is 0 Å². The number of benzene rings is 2. The third-order valence-electron chi connectivity index (χ3n) is 20.0. The molecule has 8 aliphatic heterocycles. The van der Waals surface area contributed by atoms with Crippen LogP contribution >= 0.6 is 0 Å². The van der Waals surface area contributed by atoms with E-state index in [1.54, 1.807) is 0 Å². The van der Waals surface area contributed by atoms with Crippen molar-refractivity contribution in [3.05, 3.63) is 66.2 Å². The average Bonchev–Trinajstić information content (AvgIpc) is 4.10. The van der Waals surface area contributed by atoms with Crippen molar-refractivity contribution in [2.75, 3.05) is 143 Å². The van der Waals surface area contributed by atoms with Crippen LogP contribution in [-0.2, 0) is 0 Å². The Hall–Kier alpha value is -2.12. The summed E-state index contributed by atoms with van der Waals surface area (Å²) in [5, 5.41) is 0. The lowest BCUT2D eigenvalue weighted by Crippen LogP contribution is -2.48. The minimum absolute atomic E-state index is 0. The molecule has 0 aliphatic carbocycles. The minimum atomic E-state index is 0. The van der Waals surface area contributed by atoms with Gasteiger partial charge < -0.3 is 39.2 Å². The van der Waals surface area contributed by atoms with Crippen LogP contribution in [0.4, 0.5) is 5.69 Å². The van der Waals surface area contributed by atoms with E-state index < -0.39 is 0 Å². The number of para-hydroxylation sites is 1. The van der Waals surface area contributed by atoms with Crippen molar-refractivity contribution in [3.8, 4) is 0 Å². The standard InChI is InChI=1S/C14H21N.C13H20N2.2C9H19N.C8H18N2.2C8H17N.C7H15N.3CH4/c1-12(2)15-10-8-14(9-11-15)13-6-4-3-5-7-13;1-12(2)14-8-10-15(11-9-14)13-6-4-3-5-7-13;1-8(2)10-6-4-9(3)5-7-10;1-9(2)10-7-5-3-4-6-8-10;1-8(2)10-6-4-9(3)5-7-10;2*1-8(2)9-6-4-3-5-7-9;1-7(2)8-5-3-4-6-8;;;/h3-7,12,14H,8-11H2,1-2H3;3-7,12H,8-11H2,1-2H3;8-9H,4-7H2,1-3H3;9H,3-8H2,1-2H3;8H,4-7H2,1-3H3;2*8H,3-7H2,1-2H3;7H,3-6H2,1-2H3;3*1H4. The van der Waals surface area contributed by atoms with E-state index in [9.17, 15) is 0 Å². The van der Waals surface area contributed by atoms with Crippen molar-refractivity contribution in [1.29, 1.82) is 0 Å². The lowest BCUT2D eigenvalue weighted by atomic mass is 9.89. The van der Waals surface area contributed by atoms with Gasteiger partial charge in [0.1, 0.15) is 0 Å². The zero-order chi connectivity index (χ0) is 63.2. The second-order valence-electron chi connectivity index (χ2n) is 29.3. The first-order valence-electron chi connectivity index (χ1n) is 36.6. The molecule has 0 amide bonds. The van der Waals surface area contributed by atoms with Gasteiger partial charge >= 0.3 is 0 Å². The third kappa shape index (κ3) is 38.1. The Balaban J connectivity index is 0.000001000. The molecule has 0 radical (unpaired) electrons. The highest BCUT2D eigenvalue weighted by atomic mass is 15.3. The molecule has 8 fully saturated rings. The average molecular weight is 1250 g/mol. The van der Waals surface area contributed by atoms with Crippen LogP contribution in [-0.4, -0.2) is 230 Å². The van der Waals surface area contributed by atoms with Gasteiger partial charge in [-0.1, -0.05) is 103 Å². The van der Waals surface area contributed by atoms with Crippen LogP contribution in [0.1, 0.15) is 254 Å². The summed E-state index contributed by atoms with van der Waals surface area (Å²) in [6.45, 7) is 64.3. The van der Waals surface area contributed by atoms with E-state index in [0.29, 0.717) is 12.1 Å². The van der Waals surface area contributed by atoms with Crippen LogP contribution < -0.4 is 4.90 Å². The molecule has 524 valence electrons. The summed E-state index contributed by atoms with van der Waals surface area (Å²) < 4.78 is 0. The van der Waals surface area contributed by atoms with E-state index in [4.69, 9.17) is 0 Å². The highest BCUT2D eigenvalue weighted by Gasteiger charge is 2.23. The molecular weight excluding hydrogens is 1090 g/mol. The molecule has 0 saturated carbocycles. The number of hydrogen-bond donors (Lipinski definition) is 0. The van der Waals surface area contributed by atoms with Crippen LogP contribution in [0.3, 0.4) is 0 Å². The van der Waals surface area contributed by atoms with Gasteiger partial charge in [0.15, 0.2) is 0 Å². The maximum absolute atomic E-state index is 2.59. The van der Waals surface area contributed by atoms with Crippen molar-refractivity contribution in [3.63, 3.8) is 0 Å². The quantitative estimate of drug-likeness (QED) is 0.229. The maximum atomic E-state index is 2.59. The number of nitrogens with zero attached hydrogens (tertiary/aromatic N) is 10. The molecule has 0 unspecified atom stereocenters. The number of anilines is 1. The zero-order valence-electron chi connectivity index (χ0n) is 60.5. The maximum Gasteiger partial charge on any atom is 0.0367 e. The Morgan fingerprint density at radius 2 is 0.506 bits per heavy atom. The van der Waals surface area contributed by atoms with Gasteiger partial charge in [-0.15, -0.1) is 0 Å². The molecule has 2 aromatic rings. The van der Waals surface area contributed by atoms with Crippen LogP contribution in [0.5, 0.6) is 0 Å². The molecule has 10 nitrogen and oxygen atoms in total. The normalized spacial score (nSPS) is 21.1. The first-order valence-corrected chi connectivity index (χ1v) is 36.6. The van der Waals surface area contributed by atoms with Crippen molar-refractivity contribution in [2.45, 2.75) is 297 Å². The fraction of sp³-hybridized carbons (Fsp3) is 0.848. The number of likely N-dealkylation sites (tertiary alicyclic amines) is 6. The number of hydrogen-bond acceptors (Lipinski definition) is 10. The summed E-state index contributed by atoms with van der Waals surface area (Å²) >= 11 is 0. The first kappa shape index (κ1) is 86.9. The van der Waals surface area contributed by atoms with Gasteiger partial charge in [-0.3, -0.25) is 9.80 Å². The highest BCUT2D eigenvalue weighted by Crippen LogP contribution is 2.28. The Labute approximate surface area is 559 Å². The predicted molar refractivity (Wildman–Crippen MR) is 402 cm³/mol. The van der Waals surface area contributed by atoms with Gasteiger partial charge in [-0.05, 0) is 303 Å². The van der Waals surface area contributed by atoms with Crippen LogP contribution in [0.2, 0.25) is 0 Å². The number of rotatable bonds is 10. The van der Waals surface area contributed by atoms with E-state index in [0.717, 1.165) is 61.2 Å². The van der Waals surface area contributed by atoms with Gasteiger partial charge in [-0.2, -0.15) is 0 Å². The van der Waals surface area contributed by atoms with E-state index in [1.165, 1.54) is 232 Å². The second-order valence-corrected chi connectivity index (χ2v) is 29.3. The molecule has 89 heavy (non-hydrogen) atoms. The molecule has 0 N–H and O–H groups in total. The lowest BCUT2D eigenvalue weighted by Gasteiger charge is -2.38. The Bertz CT molecular complexity index is 1690. The molecule has 8 aliphatic rings. The van der Waals surface area contributed by atoms with Crippen molar-refractivity contribution in [2.24, 2.45) is 5.92 Å². The molecule has 2 aromatic carbocycles. The summed E-state index contributed by atoms with van der Waals surface area (Å²) in [7, 11) is 2.19. The molecule has 0 bridgehead atoms. The van der Waals surface area contributed by atoms with E-state index in [2.05, 4.69) is 234 Å². The van der Waals surface area contributed by atoms with E-state index >= 15 is 0 Å². The number of piperazine rings is 2. The first-order chi connectivity index (χ1) is 41.2. The van der Waals surface area contributed by atoms with Gasteiger partial charge in [0.2, 0.25) is 0 Å². The summed E-state index contributed by atoms with van der Waals surface area (Å²) in [4.78, 5) is 25.3. The van der Waals surface area contributed by atoms with Crippen molar-refractivity contribution in [1.82, 2.24) is 44.1 Å². The summed E-state index contributed by atoms with van der Waals surface area (Å²) in [6.07, 6.45) is 22.6. The van der Waals surface area contributed by atoms with Gasteiger partial charge in [0.05, 0.1) is 0 Å². The topological polar surface area (TPSA) is 32.4 Å². The van der Waals surface area contributed by atoms with Gasteiger partial charge in [0, 0.05) is 106 Å². The molecule has 0 aromatic heterocycles. The summed E-state index contributed by atoms with van der Waals surface area (Å²) in [5.74, 6) is 1.76. The molecule has 8 saturated heterocycles. The Kier molecular flexibility index (Phi) is 50.0. The Morgan fingerprint density at radius 3 is 0.809 bits per heavy atom. The number of likely N-dealkylation sites (N-methyl/N-ethyl adjacent to an activating group) is 1. The molecular formula is C79H158N10.